The molecule has 0 aliphatic rings. The van der Waals surface area contributed by atoms with Crippen molar-refractivity contribution < 1.29 is 18.7 Å². The molecule has 0 N–H and O–H groups in total. The van der Waals surface area contributed by atoms with Crippen LogP contribution in [0.5, 0.6) is 5.75 Å². The summed E-state index contributed by atoms with van der Waals surface area (Å²) in [5.41, 5.74) is 1.17. The third kappa shape index (κ3) is 4.66. The van der Waals surface area contributed by atoms with Crippen molar-refractivity contribution in [2.75, 3.05) is 27.3 Å². The van der Waals surface area contributed by atoms with E-state index in [1.807, 2.05) is 11.9 Å². The van der Waals surface area contributed by atoms with Crippen LogP contribution >= 0.6 is 0 Å². The van der Waals surface area contributed by atoms with E-state index in [1.54, 1.807) is 19.1 Å². The van der Waals surface area contributed by atoms with Gasteiger partial charge in [-0.3, -0.25) is 4.90 Å². The standard InChI is InChI=1S/C15H20FNO3/c1-5-20-15(18)11(2)9-17(3)10-12-6-7-14(19-4)13(16)8-12/h6-8H,2,5,9-10H2,1,3-4H3. The van der Waals surface area contributed by atoms with Crippen molar-refractivity contribution in [2.24, 2.45) is 0 Å². The molecule has 0 saturated heterocycles. The molecule has 20 heavy (non-hydrogen) atoms. The first-order chi connectivity index (χ1) is 9.47. The molecular formula is C15H20FNO3. The van der Waals surface area contributed by atoms with E-state index in [9.17, 15) is 9.18 Å². The Morgan fingerprint density at radius 3 is 2.70 bits per heavy atom. The van der Waals surface area contributed by atoms with Crippen molar-refractivity contribution in [3.63, 3.8) is 0 Å². The first kappa shape index (κ1) is 16.2. The number of rotatable bonds is 7. The summed E-state index contributed by atoms with van der Waals surface area (Å²) in [7, 11) is 3.25. The summed E-state index contributed by atoms with van der Waals surface area (Å²) in [4.78, 5) is 13.3. The van der Waals surface area contributed by atoms with Gasteiger partial charge < -0.3 is 9.47 Å². The Hall–Kier alpha value is -1.88. The molecule has 0 radical (unpaired) electrons. The number of halogens is 1. The van der Waals surface area contributed by atoms with Gasteiger partial charge in [-0.25, -0.2) is 9.18 Å². The first-order valence-corrected chi connectivity index (χ1v) is 6.33. The molecule has 1 aromatic carbocycles. The maximum Gasteiger partial charge on any atom is 0.334 e. The molecule has 0 aliphatic carbocycles. The molecule has 110 valence electrons. The van der Waals surface area contributed by atoms with Crippen LogP contribution in [0.1, 0.15) is 12.5 Å². The molecule has 0 bridgehead atoms. The average molecular weight is 281 g/mol. The summed E-state index contributed by atoms with van der Waals surface area (Å²) < 4.78 is 23.3. The molecule has 4 nitrogen and oxygen atoms in total. The fourth-order valence-electron chi connectivity index (χ4n) is 1.80. The summed E-state index contributed by atoms with van der Waals surface area (Å²) in [6, 6.07) is 4.78. The molecule has 0 amide bonds. The second kappa shape index (κ2) is 7.65. The molecule has 0 aromatic heterocycles. The van der Waals surface area contributed by atoms with E-state index in [0.717, 1.165) is 5.56 Å². The van der Waals surface area contributed by atoms with E-state index in [0.29, 0.717) is 25.3 Å². The molecule has 1 rings (SSSR count). The van der Waals surface area contributed by atoms with Gasteiger partial charge in [0.1, 0.15) is 0 Å². The lowest BCUT2D eigenvalue weighted by molar-refractivity contribution is -0.138. The number of hydrogen-bond donors (Lipinski definition) is 0. The molecule has 0 unspecified atom stereocenters. The first-order valence-electron chi connectivity index (χ1n) is 6.33. The van der Waals surface area contributed by atoms with Crippen molar-refractivity contribution in [3.05, 3.63) is 41.7 Å². The quantitative estimate of drug-likeness (QED) is 0.568. The highest BCUT2D eigenvalue weighted by atomic mass is 19.1. The molecule has 1 aromatic rings. The predicted octanol–water partition coefficient (Wildman–Crippen LogP) is 2.39. The van der Waals surface area contributed by atoms with Crippen LogP contribution in [0.4, 0.5) is 4.39 Å². The van der Waals surface area contributed by atoms with Crippen LogP contribution in [0.2, 0.25) is 0 Å². The molecule has 0 saturated carbocycles. The van der Waals surface area contributed by atoms with E-state index >= 15 is 0 Å². The summed E-state index contributed by atoms with van der Waals surface area (Å²) >= 11 is 0. The number of carbonyl (C=O) groups excluding carboxylic acids is 1. The predicted molar refractivity (Wildman–Crippen MR) is 75.1 cm³/mol. The van der Waals surface area contributed by atoms with Crippen LogP contribution in [-0.4, -0.2) is 38.2 Å². The van der Waals surface area contributed by atoms with Crippen molar-refractivity contribution in [1.29, 1.82) is 0 Å². The van der Waals surface area contributed by atoms with Gasteiger partial charge in [0, 0.05) is 18.7 Å². The topological polar surface area (TPSA) is 38.8 Å². The second-order valence-electron chi connectivity index (χ2n) is 4.47. The zero-order valence-corrected chi connectivity index (χ0v) is 12.1. The van der Waals surface area contributed by atoms with Gasteiger partial charge in [-0.1, -0.05) is 12.6 Å². The summed E-state index contributed by atoms with van der Waals surface area (Å²) in [6.45, 7) is 6.63. The number of hydrogen-bond acceptors (Lipinski definition) is 4. The third-order valence-corrected chi connectivity index (χ3v) is 2.69. The maximum absolute atomic E-state index is 13.6. The fourth-order valence-corrected chi connectivity index (χ4v) is 1.80. The van der Waals surface area contributed by atoms with Crippen molar-refractivity contribution in [3.8, 4) is 5.75 Å². The number of esters is 1. The highest BCUT2D eigenvalue weighted by Crippen LogP contribution is 2.18. The van der Waals surface area contributed by atoms with Gasteiger partial charge in [0.2, 0.25) is 0 Å². The number of benzene rings is 1. The third-order valence-electron chi connectivity index (χ3n) is 2.69. The van der Waals surface area contributed by atoms with Gasteiger partial charge in [-0.05, 0) is 31.7 Å². The molecule has 0 spiro atoms. The lowest BCUT2D eigenvalue weighted by Crippen LogP contribution is -2.24. The zero-order chi connectivity index (χ0) is 15.1. The maximum atomic E-state index is 13.6. The minimum Gasteiger partial charge on any atom is -0.494 e. The van der Waals surface area contributed by atoms with E-state index < -0.39 is 11.8 Å². The largest absolute Gasteiger partial charge is 0.494 e. The van der Waals surface area contributed by atoms with Gasteiger partial charge in [0.25, 0.3) is 0 Å². The van der Waals surface area contributed by atoms with E-state index in [-0.39, 0.29) is 5.75 Å². The van der Waals surface area contributed by atoms with Crippen molar-refractivity contribution in [2.45, 2.75) is 13.5 Å². The number of carbonyl (C=O) groups is 1. The van der Waals surface area contributed by atoms with Crippen LogP contribution in [-0.2, 0) is 16.1 Å². The van der Waals surface area contributed by atoms with Gasteiger partial charge in [-0.15, -0.1) is 0 Å². The molecular weight excluding hydrogens is 261 g/mol. The Balaban J connectivity index is 2.58. The smallest absolute Gasteiger partial charge is 0.334 e. The second-order valence-corrected chi connectivity index (χ2v) is 4.47. The summed E-state index contributed by atoms with van der Waals surface area (Å²) in [6.07, 6.45) is 0. The van der Waals surface area contributed by atoms with Crippen molar-refractivity contribution in [1.82, 2.24) is 4.90 Å². The molecule has 5 heteroatoms. The van der Waals surface area contributed by atoms with E-state index in [2.05, 4.69) is 6.58 Å². The Morgan fingerprint density at radius 1 is 1.45 bits per heavy atom. The molecule has 0 heterocycles. The van der Waals surface area contributed by atoms with E-state index in [1.165, 1.54) is 13.2 Å². The average Bonchev–Trinajstić information content (AvgIpc) is 2.39. The zero-order valence-electron chi connectivity index (χ0n) is 12.1. The lowest BCUT2D eigenvalue weighted by Gasteiger charge is -2.17. The minimum absolute atomic E-state index is 0.215. The van der Waals surface area contributed by atoms with E-state index in [4.69, 9.17) is 9.47 Å². The normalized spacial score (nSPS) is 10.4. The summed E-state index contributed by atoms with van der Waals surface area (Å²) in [5, 5.41) is 0. The molecule has 0 aliphatic heterocycles. The van der Waals surface area contributed by atoms with Crippen LogP contribution in [0.25, 0.3) is 0 Å². The number of ether oxygens (including phenoxy) is 2. The SMILES string of the molecule is C=C(CN(C)Cc1ccc(OC)c(F)c1)C(=O)OCC. The number of likely N-dealkylation sites (N-methyl/N-ethyl adjacent to an activating group) is 1. The Labute approximate surface area is 118 Å². The highest BCUT2D eigenvalue weighted by molar-refractivity contribution is 5.88. The van der Waals surface area contributed by atoms with Crippen LogP contribution in [0.15, 0.2) is 30.4 Å². The Kier molecular flexibility index (Phi) is 6.18. The Morgan fingerprint density at radius 2 is 2.15 bits per heavy atom. The van der Waals surface area contributed by atoms with Gasteiger partial charge >= 0.3 is 5.97 Å². The summed E-state index contributed by atoms with van der Waals surface area (Å²) in [5.74, 6) is -0.588. The van der Waals surface area contributed by atoms with Crippen LogP contribution in [0, 0.1) is 5.82 Å². The minimum atomic E-state index is -0.403. The van der Waals surface area contributed by atoms with Crippen LogP contribution in [0.3, 0.4) is 0 Å². The molecule has 0 atom stereocenters. The van der Waals surface area contributed by atoms with Gasteiger partial charge in [0.15, 0.2) is 11.6 Å². The fraction of sp³-hybridized carbons (Fsp3) is 0.400. The van der Waals surface area contributed by atoms with Crippen LogP contribution < -0.4 is 4.74 Å². The van der Waals surface area contributed by atoms with Gasteiger partial charge in [0.05, 0.1) is 13.7 Å². The highest BCUT2D eigenvalue weighted by Gasteiger charge is 2.11. The Bertz CT molecular complexity index is 488. The monoisotopic (exact) mass is 281 g/mol. The lowest BCUT2D eigenvalue weighted by atomic mass is 10.2. The van der Waals surface area contributed by atoms with Gasteiger partial charge in [-0.2, -0.15) is 0 Å². The molecule has 0 fully saturated rings. The van der Waals surface area contributed by atoms with Crippen molar-refractivity contribution >= 4 is 5.97 Å². The number of nitrogens with zero attached hydrogens (tertiary/aromatic N) is 1. The number of methoxy groups -OCH3 is 1.